The number of hydroxylamine groups is 1. The van der Waals surface area contributed by atoms with Gasteiger partial charge in [-0.25, -0.2) is 13.9 Å². The number of amides is 1. The van der Waals surface area contributed by atoms with Crippen molar-refractivity contribution < 1.29 is 23.2 Å². The minimum atomic E-state index is -4.01. The molecule has 2 N–H and O–H groups in total. The van der Waals surface area contributed by atoms with Gasteiger partial charge in [0.1, 0.15) is 5.75 Å². The lowest BCUT2D eigenvalue weighted by Crippen LogP contribution is -2.63. The number of carbonyl (C=O) groups excluding carboxylic acids is 1. The van der Waals surface area contributed by atoms with Crippen LogP contribution in [-0.4, -0.2) is 74.5 Å². The highest BCUT2D eigenvalue weighted by Crippen LogP contribution is 2.36. The molecule has 0 spiro atoms. The number of piperazine rings is 1. The Morgan fingerprint density at radius 3 is 2.13 bits per heavy atom. The Morgan fingerprint density at radius 1 is 0.949 bits per heavy atom. The second kappa shape index (κ2) is 14.4. The summed E-state index contributed by atoms with van der Waals surface area (Å²) in [5.74, 6) is -0.0233. The number of carbonyl (C=O) groups is 1. The highest BCUT2D eigenvalue weighted by Gasteiger charge is 2.55. The number of hydrogen-bond donors (Lipinski definition) is 2. The molecule has 2 heterocycles. The number of unbranched alkanes of at least 4 members (excludes halogenated alkanes) is 1. The first-order valence-corrected chi connectivity index (χ1v) is 14.5. The van der Waals surface area contributed by atoms with E-state index in [0.717, 1.165) is 35.5 Å². The molecule has 4 rings (SSSR count). The molecule has 9 nitrogen and oxygen atoms in total. The average molecular weight is 604 g/mol. The molecule has 0 bridgehead atoms. The minimum Gasteiger partial charge on any atom is -0.494 e. The summed E-state index contributed by atoms with van der Waals surface area (Å²) in [6, 6.07) is 15.9. The van der Waals surface area contributed by atoms with Crippen molar-refractivity contribution in [3.8, 4) is 5.75 Å². The summed E-state index contributed by atoms with van der Waals surface area (Å²) < 4.78 is 33.2. The first kappa shape index (κ1) is 33.0. The van der Waals surface area contributed by atoms with Gasteiger partial charge in [-0.05, 0) is 68.1 Å². The third-order valence-corrected chi connectivity index (χ3v) is 10.1. The van der Waals surface area contributed by atoms with Crippen molar-refractivity contribution in [2.75, 3.05) is 55.7 Å². The molecule has 0 atom stereocenters. The van der Waals surface area contributed by atoms with Crippen LogP contribution in [0.5, 0.6) is 5.75 Å². The maximum absolute atomic E-state index is 13.9. The number of rotatable bonds is 9. The predicted molar refractivity (Wildman–Crippen MR) is 159 cm³/mol. The Balaban J connectivity index is 0.00000267. The molecular weight excluding hydrogens is 563 g/mol. The van der Waals surface area contributed by atoms with E-state index in [0.29, 0.717) is 32.8 Å². The summed E-state index contributed by atoms with van der Waals surface area (Å²) in [7, 11) is -4.01. The van der Waals surface area contributed by atoms with Gasteiger partial charge in [0.25, 0.3) is 5.91 Å². The second-order valence-corrected chi connectivity index (χ2v) is 12.1. The lowest BCUT2D eigenvalue weighted by atomic mass is 9.94. The number of benzene rings is 2. The number of hydrogen-bond acceptors (Lipinski definition) is 7. The smallest absolute Gasteiger partial charge is 0.266 e. The molecule has 2 aliphatic heterocycles. The number of piperidine rings is 1. The predicted octanol–water partition coefficient (Wildman–Crippen LogP) is 4.01. The topological polar surface area (TPSA) is 102 Å². The van der Waals surface area contributed by atoms with Crippen LogP contribution in [0.25, 0.3) is 0 Å². The van der Waals surface area contributed by atoms with E-state index in [-0.39, 0.29) is 50.7 Å². The Bertz CT molecular complexity index is 1170. The monoisotopic (exact) mass is 602 g/mol. The highest BCUT2D eigenvalue weighted by atomic mass is 35.5. The summed E-state index contributed by atoms with van der Waals surface area (Å²) in [6.07, 6.45) is 2.31. The van der Waals surface area contributed by atoms with Gasteiger partial charge in [0.2, 0.25) is 10.0 Å². The number of nitrogens with one attached hydrogen (secondary N) is 1. The van der Waals surface area contributed by atoms with Gasteiger partial charge in [-0.3, -0.25) is 10.0 Å². The van der Waals surface area contributed by atoms with Crippen LogP contribution in [-0.2, 0) is 14.8 Å². The number of sulfonamides is 1. The fraction of sp³-hybridized carbons (Fsp3) is 0.519. The van der Waals surface area contributed by atoms with E-state index < -0.39 is 20.7 Å². The highest BCUT2D eigenvalue weighted by molar-refractivity contribution is 7.91. The van der Waals surface area contributed by atoms with E-state index in [1.807, 2.05) is 49.4 Å². The molecule has 2 aliphatic rings. The number of ether oxygens (including phenoxy) is 1. The van der Waals surface area contributed by atoms with Gasteiger partial charge in [0.15, 0.2) is 4.75 Å². The molecule has 0 radical (unpaired) electrons. The molecule has 2 aromatic carbocycles. The van der Waals surface area contributed by atoms with E-state index in [2.05, 4.69) is 22.8 Å². The molecule has 1 amide bonds. The molecule has 0 aliphatic carbocycles. The average Bonchev–Trinajstić information content (AvgIpc) is 2.93. The van der Waals surface area contributed by atoms with Crippen molar-refractivity contribution in [3.63, 3.8) is 0 Å². The fourth-order valence-electron chi connectivity index (χ4n) is 5.18. The summed E-state index contributed by atoms with van der Waals surface area (Å²) in [5, 5.41) is 9.50. The van der Waals surface area contributed by atoms with Crippen molar-refractivity contribution in [2.45, 2.75) is 44.3 Å². The van der Waals surface area contributed by atoms with Gasteiger partial charge in [-0.15, -0.1) is 24.8 Å². The zero-order valence-electron chi connectivity index (χ0n) is 22.5. The van der Waals surface area contributed by atoms with Gasteiger partial charge >= 0.3 is 0 Å². The molecule has 2 fully saturated rings. The van der Waals surface area contributed by atoms with Crippen molar-refractivity contribution in [1.29, 1.82) is 0 Å². The van der Waals surface area contributed by atoms with Crippen LogP contribution >= 0.6 is 24.8 Å². The quantitative estimate of drug-likeness (QED) is 0.254. The number of nitrogens with zero attached hydrogens (tertiary/aromatic N) is 3. The van der Waals surface area contributed by atoms with Crippen LogP contribution in [0.4, 0.5) is 11.4 Å². The number of halogens is 2. The molecule has 2 aromatic rings. The maximum Gasteiger partial charge on any atom is 0.266 e. The third kappa shape index (κ3) is 7.10. The van der Waals surface area contributed by atoms with Gasteiger partial charge in [0, 0.05) is 50.6 Å². The minimum absolute atomic E-state index is 0. The largest absolute Gasteiger partial charge is 0.494 e. The standard InChI is InChI=1S/C27H38N4O5S.2ClH/c1-3-4-20-36-25-10-8-23(9-11-25)30-16-18-31(19-17-30)37(34,35)27(26(32)28-33)12-14-29(15-13-27)24-7-5-6-22(2)21-24;;/h5-11,21,33H,3-4,12-20H2,1-2H3,(H,28,32);2*1H. The first-order valence-electron chi connectivity index (χ1n) is 13.0. The molecule has 39 heavy (non-hydrogen) atoms. The summed E-state index contributed by atoms with van der Waals surface area (Å²) in [6.45, 7) is 7.22. The third-order valence-electron chi connectivity index (χ3n) is 7.49. The number of anilines is 2. The number of aryl methyl sites for hydroxylation is 1. The lowest BCUT2D eigenvalue weighted by Gasteiger charge is -2.44. The lowest BCUT2D eigenvalue weighted by molar-refractivity contribution is -0.132. The summed E-state index contributed by atoms with van der Waals surface area (Å²) in [4.78, 5) is 17.1. The van der Waals surface area contributed by atoms with E-state index in [9.17, 15) is 18.4 Å². The van der Waals surface area contributed by atoms with Crippen LogP contribution in [0.3, 0.4) is 0 Å². The summed E-state index contributed by atoms with van der Waals surface area (Å²) in [5.41, 5.74) is 4.79. The van der Waals surface area contributed by atoms with Crippen molar-refractivity contribution in [2.24, 2.45) is 0 Å². The zero-order valence-corrected chi connectivity index (χ0v) is 25.0. The van der Waals surface area contributed by atoms with E-state index >= 15 is 0 Å². The summed E-state index contributed by atoms with van der Waals surface area (Å²) >= 11 is 0. The maximum atomic E-state index is 13.9. The Morgan fingerprint density at radius 2 is 1.56 bits per heavy atom. The van der Waals surface area contributed by atoms with Gasteiger partial charge < -0.3 is 14.5 Å². The van der Waals surface area contributed by atoms with Crippen LogP contribution in [0.2, 0.25) is 0 Å². The normalized spacial score (nSPS) is 17.5. The fourth-order valence-corrected chi connectivity index (χ4v) is 7.29. The van der Waals surface area contributed by atoms with Crippen LogP contribution in [0, 0.1) is 6.92 Å². The Labute approximate surface area is 244 Å². The zero-order chi connectivity index (χ0) is 26.5. The van der Waals surface area contributed by atoms with Crippen molar-refractivity contribution in [3.05, 3.63) is 54.1 Å². The van der Waals surface area contributed by atoms with Crippen molar-refractivity contribution in [1.82, 2.24) is 9.79 Å². The first-order chi connectivity index (χ1) is 17.8. The van der Waals surface area contributed by atoms with Crippen molar-refractivity contribution >= 4 is 52.1 Å². The molecule has 2 saturated heterocycles. The molecule has 218 valence electrons. The van der Waals surface area contributed by atoms with Crippen LogP contribution in [0.1, 0.15) is 38.2 Å². The second-order valence-electron chi connectivity index (χ2n) is 9.85. The Hall–Kier alpha value is -2.24. The van der Waals surface area contributed by atoms with Gasteiger partial charge in [-0.1, -0.05) is 25.5 Å². The molecule has 0 saturated carbocycles. The SMILES string of the molecule is CCCCOc1ccc(N2CCN(S(=O)(=O)C3(C(=O)NO)CCN(c4cccc(C)c4)CC3)CC2)cc1.Cl.Cl. The molecule has 12 heteroatoms. The van der Waals surface area contributed by atoms with Crippen LogP contribution in [0.15, 0.2) is 48.5 Å². The van der Waals surface area contributed by atoms with E-state index in [1.165, 1.54) is 4.31 Å². The van der Waals surface area contributed by atoms with E-state index in [1.54, 1.807) is 5.48 Å². The van der Waals surface area contributed by atoms with Gasteiger partial charge in [0.05, 0.1) is 6.61 Å². The molecule has 0 unspecified atom stereocenters. The van der Waals surface area contributed by atoms with Crippen LogP contribution < -0.4 is 20.0 Å². The van der Waals surface area contributed by atoms with E-state index in [4.69, 9.17) is 4.74 Å². The molecular formula is C27H40Cl2N4O5S. The van der Waals surface area contributed by atoms with Gasteiger partial charge in [-0.2, -0.15) is 4.31 Å². The molecule has 0 aromatic heterocycles. The Kier molecular flexibility index (Phi) is 12.2.